The van der Waals surface area contributed by atoms with Crippen LogP contribution in [0.25, 0.3) is 22.2 Å². The SMILES string of the molecule is CC(C)(CCC(N)=O)n1cc(-c2ccnc3[nH]ccc23)cn1. The van der Waals surface area contributed by atoms with E-state index in [1.54, 1.807) is 6.20 Å². The molecule has 22 heavy (non-hydrogen) atoms. The van der Waals surface area contributed by atoms with Crippen molar-refractivity contribution < 1.29 is 4.79 Å². The van der Waals surface area contributed by atoms with Gasteiger partial charge in [-0.05, 0) is 38.0 Å². The Bertz CT molecular complexity index is 815. The summed E-state index contributed by atoms with van der Waals surface area (Å²) in [5, 5.41) is 5.53. The van der Waals surface area contributed by atoms with Gasteiger partial charge in [0, 0.05) is 36.0 Å². The lowest BCUT2D eigenvalue weighted by atomic mass is 9.98. The van der Waals surface area contributed by atoms with Crippen molar-refractivity contribution in [3.63, 3.8) is 0 Å². The van der Waals surface area contributed by atoms with Gasteiger partial charge in [-0.2, -0.15) is 5.10 Å². The average molecular weight is 297 g/mol. The maximum atomic E-state index is 11.0. The number of nitrogens with zero attached hydrogens (tertiary/aromatic N) is 3. The van der Waals surface area contributed by atoms with Crippen LogP contribution < -0.4 is 5.73 Å². The Labute approximate surface area is 128 Å². The van der Waals surface area contributed by atoms with Crippen molar-refractivity contribution in [3.05, 3.63) is 36.9 Å². The smallest absolute Gasteiger partial charge is 0.217 e. The first kappa shape index (κ1) is 14.3. The van der Waals surface area contributed by atoms with Crippen molar-refractivity contribution in [1.82, 2.24) is 19.7 Å². The van der Waals surface area contributed by atoms with Gasteiger partial charge in [0.25, 0.3) is 0 Å². The van der Waals surface area contributed by atoms with E-state index in [0.29, 0.717) is 12.8 Å². The molecule has 0 aromatic carbocycles. The predicted molar refractivity (Wildman–Crippen MR) is 85.1 cm³/mol. The molecule has 1 amide bonds. The second-order valence-electron chi connectivity index (χ2n) is 6.05. The third-order valence-corrected chi connectivity index (χ3v) is 3.96. The number of aromatic nitrogens is 4. The van der Waals surface area contributed by atoms with E-state index in [2.05, 4.69) is 15.1 Å². The Morgan fingerprint density at radius 3 is 3.00 bits per heavy atom. The summed E-state index contributed by atoms with van der Waals surface area (Å²) in [4.78, 5) is 18.4. The van der Waals surface area contributed by atoms with Crippen LogP contribution in [-0.4, -0.2) is 25.7 Å². The van der Waals surface area contributed by atoms with E-state index in [-0.39, 0.29) is 11.4 Å². The standard InChI is InChI=1S/C16H19N5O/c1-16(2,6-3-14(17)22)21-10-11(9-20-21)12-4-7-18-15-13(12)5-8-19-15/h4-5,7-10H,3,6H2,1-2H3,(H2,17,22)(H,18,19). The fourth-order valence-electron chi connectivity index (χ4n) is 2.55. The highest BCUT2D eigenvalue weighted by molar-refractivity contribution is 5.92. The van der Waals surface area contributed by atoms with Gasteiger partial charge in [-0.25, -0.2) is 4.98 Å². The molecule has 0 aliphatic carbocycles. The van der Waals surface area contributed by atoms with Crippen LogP contribution in [0.5, 0.6) is 0 Å². The first-order valence-corrected chi connectivity index (χ1v) is 7.23. The zero-order valence-electron chi connectivity index (χ0n) is 12.7. The molecular weight excluding hydrogens is 278 g/mol. The van der Waals surface area contributed by atoms with Gasteiger partial charge in [-0.3, -0.25) is 9.48 Å². The Balaban J connectivity index is 1.93. The number of hydrogen-bond acceptors (Lipinski definition) is 3. The number of aromatic amines is 1. The summed E-state index contributed by atoms with van der Waals surface area (Å²) in [6.07, 6.45) is 8.50. The number of rotatable bonds is 5. The zero-order chi connectivity index (χ0) is 15.7. The van der Waals surface area contributed by atoms with Crippen molar-refractivity contribution in [2.75, 3.05) is 0 Å². The minimum atomic E-state index is -0.288. The Hall–Kier alpha value is -2.63. The van der Waals surface area contributed by atoms with Crippen molar-refractivity contribution in [2.24, 2.45) is 5.73 Å². The van der Waals surface area contributed by atoms with Crippen LogP contribution in [0.1, 0.15) is 26.7 Å². The first-order chi connectivity index (χ1) is 10.5. The van der Waals surface area contributed by atoms with Crippen LogP contribution in [0, 0.1) is 0 Å². The Morgan fingerprint density at radius 1 is 1.41 bits per heavy atom. The van der Waals surface area contributed by atoms with Gasteiger partial charge >= 0.3 is 0 Å². The van der Waals surface area contributed by atoms with E-state index >= 15 is 0 Å². The molecule has 0 unspecified atom stereocenters. The molecule has 0 saturated heterocycles. The number of primary amides is 1. The van der Waals surface area contributed by atoms with Gasteiger partial charge in [0.15, 0.2) is 0 Å². The first-order valence-electron chi connectivity index (χ1n) is 7.23. The largest absolute Gasteiger partial charge is 0.370 e. The van der Waals surface area contributed by atoms with Gasteiger partial charge in [0.1, 0.15) is 5.65 Å². The molecule has 6 nitrogen and oxygen atoms in total. The number of carbonyl (C=O) groups is 1. The topological polar surface area (TPSA) is 89.6 Å². The highest BCUT2D eigenvalue weighted by atomic mass is 16.1. The molecule has 0 aliphatic rings. The average Bonchev–Trinajstić information content (AvgIpc) is 3.14. The maximum Gasteiger partial charge on any atom is 0.217 e. The normalized spacial score (nSPS) is 11.9. The minimum absolute atomic E-state index is 0.266. The molecule has 3 N–H and O–H groups in total. The van der Waals surface area contributed by atoms with E-state index in [9.17, 15) is 4.79 Å². The van der Waals surface area contributed by atoms with Crippen LogP contribution >= 0.6 is 0 Å². The monoisotopic (exact) mass is 297 g/mol. The van der Waals surface area contributed by atoms with Crippen LogP contribution in [0.2, 0.25) is 0 Å². The third-order valence-electron chi connectivity index (χ3n) is 3.96. The Morgan fingerprint density at radius 2 is 2.23 bits per heavy atom. The van der Waals surface area contributed by atoms with Crippen LogP contribution in [-0.2, 0) is 10.3 Å². The van der Waals surface area contributed by atoms with Gasteiger partial charge in [0.2, 0.25) is 5.91 Å². The molecular formula is C16H19N5O. The van der Waals surface area contributed by atoms with E-state index in [4.69, 9.17) is 5.73 Å². The summed E-state index contributed by atoms with van der Waals surface area (Å²) in [6.45, 7) is 4.09. The summed E-state index contributed by atoms with van der Waals surface area (Å²) >= 11 is 0. The molecule has 0 saturated carbocycles. The number of amides is 1. The second kappa shape index (κ2) is 5.29. The fraction of sp³-hybridized carbons (Fsp3) is 0.312. The molecule has 0 atom stereocenters. The van der Waals surface area contributed by atoms with Crippen LogP contribution in [0.15, 0.2) is 36.9 Å². The van der Waals surface area contributed by atoms with Crippen molar-refractivity contribution in [1.29, 1.82) is 0 Å². The molecule has 0 radical (unpaired) electrons. The highest BCUT2D eigenvalue weighted by Crippen LogP contribution is 2.29. The number of carbonyl (C=O) groups excluding carboxylic acids is 1. The van der Waals surface area contributed by atoms with Gasteiger partial charge in [0.05, 0.1) is 11.7 Å². The summed E-state index contributed by atoms with van der Waals surface area (Å²) in [7, 11) is 0. The lowest BCUT2D eigenvalue weighted by molar-refractivity contribution is -0.118. The second-order valence-corrected chi connectivity index (χ2v) is 6.05. The van der Waals surface area contributed by atoms with E-state index in [1.165, 1.54) is 0 Å². The molecule has 114 valence electrons. The van der Waals surface area contributed by atoms with E-state index in [1.807, 2.05) is 49.3 Å². The predicted octanol–water partition coefficient (Wildman–Crippen LogP) is 2.43. The molecule has 6 heteroatoms. The van der Waals surface area contributed by atoms with Crippen LogP contribution in [0.4, 0.5) is 0 Å². The molecule has 3 heterocycles. The third kappa shape index (κ3) is 2.59. The summed E-state index contributed by atoms with van der Waals surface area (Å²) in [5.41, 5.74) is 7.95. The number of nitrogens with two attached hydrogens (primary N) is 1. The van der Waals surface area contributed by atoms with Crippen LogP contribution in [0.3, 0.4) is 0 Å². The highest BCUT2D eigenvalue weighted by Gasteiger charge is 2.22. The molecule has 0 spiro atoms. The van der Waals surface area contributed by atoms with Crippen molar-refractivity contribution in [2.45, 2.75) is 32.2 Å². The van der Waals surface area contributed by atoms with Crippen molar-refractivity contribution >= 4 is 16.9 Å². The molecule has 3 aromatic rings. The quantitative estimate of drug-likeness (QED) is 0.758. The zero-order valence-corrected chi connectivity index (χ0v) is 12.7. The maximum absolute atomic E-state index is 11.0. The van der Waals surface area contributed by atoms with Gasteiger partial charge < -0.3 is 10.7 Å². The lowest BCUT2D eigenvalue weighted by Crippen LogP contribution is -2.28. The summed E-state index contributed by atoms with van der Waals surface area (Å²) in [6, 6.07) is 3.99. The minimum Gasteiger partial charge on any atom is -0.370 e. The Kier molecular flexibility index (Phi) is 3.44. The summed E-state index contributed by atoms with van der Waals surface area (Å²) < 4.78 is 1.89. The van der Waals surface area contributed by atoms with Gasteiger partial charge in [-0.15, -0.1) is 0 Å². The molecule has 3 aromatic heterocycles. The fourth-order valence-corrected chi connectivity index (χ4v) is 2.55. The number of hydrogen-bond donors (Lipinski definition) is 2. The molecule has 0 aliphatic heterocycles. The molecule has 0 bridgehead atoms. The number of pyridine rings is 1. The number of H-pyrrole nitrogens is 1. The lowest BCUT2D eigenvalue weighted by Gasteiger charge is -2.24. The number of fused-ring (bicyclic) bond motifs is 1. The summed E-state index contributed by atoms with van der Waals surface area (Å²) in [5.74, 6) is -0.288. The van der Waals surface area contributed by atoms with E-state index in [0.717, 1.165) is 22.2 Å². The van der Waals surface area contributed by atoms with E-state index < -0.39 is 0 Å². The molecule has 0 fully saturated rings. The number of nitrogens with one attached hydrogen (secondary N) is 1. The molecule has 3 rings (SSSR count). The van der Waals surface area contributed by atoms with Crippen molar-refractivity contribution in [3.8, 4) is 11.1 Å². The van der Waals surface area contributed by atoms with Gasteiger partial charge in [-0.1, -0.05) is 0 Å².